The van der Waals surface area contributed by atoms with Crippen LogP contribution in [0.2, 0.25) is 0 Å². The monoisotopic (exact) mass is 486 g/mol. The van der Waals surface area contributed by atoms with Crippen molar-refractivity contribution in [3.8, 4) is 17.0 Å². The summed E-state index contributed by atoms with van der Waals surface area (Å²) in [5.74, 6) is 1.49. The molecule has 0 aliphatic carbocycles. The summed E-state index contributed by atoms with van der Waals surface area (Å²) in [6, 6.07) is 14.1. The third-order valence-corrected chi connectivity index (χ3v) is 6.71. The number of rotatable bonds is 9. The number of anilines is 1. The van der Waals surface area contributed by atoms with Gasteiger partial charge in [-0.2, -0.15) is 5.10 Å². The van der Waals surface area contributed by atoms with Crippen molar-refractivity contribution in [1.29, 1.82) is 0 Å². The summed E-state index contributed by atoms with van der Waals surface area (Å²) < 4.78 is 13.0. The Bertz CT molecular complexity index is 1380. The van der Waals surface area contributed by atoms with Crippen LogP contribution in [0.1, 0.15) is 41.2 Å². The topological polar surface area (TPSA) is 103 Å². The molecule has 0 bridgehead atoms. The van der Waals surface area contributed by atoms with Gasteiger partial charge < -0.3 is 20.1 Å². The molecule has 1 saturated heterocycles. The SMILES string of the molecule is CCC(CNc1cc(-c2ccc3c(cnn3C3COC3)c2)ncn1)c1ccc(C(=O)NC)cc1OC. The van der Waals surface area contributed by atoms with E-state index in [1.807, 2.05) is 29.1 Å². The van der Waals surface area contributed by atoms with Gasteiger partial charge in [0, 0.05) is 42.1 Å². The number of methoxy groups -OCH3 is 1. The number of benzene rings is 2. The molecule has 2 aromatic carbocycles. The Morgan fingerprint density at radius 1 is 1.19 bits per heavy atom. The molecule has 4 aromatic rings. The van der Waals surface area contributed by atoms with Gasteiger partial charge in [0.1, 0.15) is 17.9 Å². The van der Waals surface area contributed by atoms with Gasteiger partial charge in [-0.3, -0.25) is 9.48 Å². The van der Waals surface area contributed by atoms with Crippen LogP contribution >= 0.6 is 0 Å². The number of hydrogen-bond donors (Lipinski definition) is 2. The van der Waals surface area contributed by atoms with Crippen LogP contribution in [0.5, 0.6) is 5.75 Å². The molecular formula is C27H30N6O3. The lowest BCUT2D eigenvalue weighted by Gasteiger charge is -2.26. The highest BCUT2D eigenvalue weighted by molar-refractivity contribution is 5.94. The maximum atomic E-state index is 12.0. The van der Waals surface area contributed by atoms with E-state index in [-0.39, 0.29) is 11.8 Å². The molecular weight excluding hydrogens is 456 g/mol. The summed E-state index contributed by atoms with van der Waals surface area (Å²) in [5.41, 5.74) is 4.57. The van der Waals surface area contributed by atoms with Gasteiger partial charge >= 0.3 is 0 Å². The summed E-state index contributed by atoms with van der Waals surface area (Å²) in [4.78, 5) is 20.9. The van der Waals surface area contributed by atoms with E-state index in [0.29, 0.717) is 37.1 Å². The summed E-state index contributed by atoms with van der Waals surface area (Å²) in [5, 5.41) is 11.7. The summed E-state index contributed by atoms with van der Waals surface area (Å²) in [7, 11) is 3.25. The molecule has 0 radical (unpaired) electrons. The van der Waals surface area contributed by atoms with Crippen LogP contribution in [0.25, 0.3) is 22.2 Å². The first-order valence-corrected chi connectivity index (χ1v) is 12.1. The van der Waals surface area contributed by atoms with Crippen molar-refractivity contribution in [1.82, 2.24) is 25.1 Å². The summed E-state index contributed by atoms with van der Waals surface area (Å²) >= 11 is 0. The van der Waals surface area contributed by atoms with Gasteiger partial charge in [-0.15, -0.1) is 0 Å². The molecule has 5 rings (SSSR count). The van der Waals surface area contributed by atoms with Gasteiger partial charge in [0.15, 0.2) is 0 Å². The summed E-state index contributed by atoms with van der Waals surface area (Å²) in [6.07, 6.45) is 4.37. The molecule has 36 heavy (non-hydrogen) atoms. The van der Waals surface area contributed by atoms with Crippen molar-refractivity contribution in [3.63, 3.8) is 0 Å². The van der Waals surface area contributed by atoms with E-state index in [4.69, 9.17) is 9.47 Å². The van der Waals surface area contributed by atoms with Crippen LogP contribution in [0.15, 0.2) is 55.0 Å². The van der Waals surface area contributed by atoms with Crippen molar-refractivity contribution < 1.29 is 14.3 Å². The Labute approximate surface area is 209 Å². The average molecular weight is 487 g/mol. The van der Waals surface area contributed by atoms with E-state index >= 15 is 0 Å². The van der Waals surface area contributed by atoms with Crippen LogP contribution in [0.3, 0.4) is 0 Å². The van der Waals surface area contributed by atoms with Crippen LogP contribution in [0.4, 0.5) is 5.82 Å². The van der Waals surface area contributed by atoms with Gasteiger partial charge in [0.25, 0.3) is 5.91 Å². The zero-order valence-corrected chi connectivity index (χ0v) is 20.7. The van der Waals surface area contributed by atoms with Gasteiger partial charge in [0.05, 0.1) is 43.8 Å². The second-order valence-electron chi connectivity index (χ2n) is 8.86. The molecule has 1 atom stereocenters. The van der Waals surface area contributed by atoms with Gasteiger partial charge in [-0.1, -0.05) is 19.1 Å². The third kappa shape index (κ3) is 4.61. The van der Waals surface area contributed by atoms with E-state index in [9.17, 15) is 4.79 Å². The van der Waals surface area contributed by atoms with Crippen LogP contribution in [0, 0.1) is 0 Å². The first-order chi connectivity index (χ1) is 17.6. The first kappa shape index (κ1) is 23.7. The van der Waals surface area contributed by atoms with Crippen molar-refractivity contribution in [2.45, 2.75) is 25.3 Å². The van der Waals surface area contributed by atoms with E-state index in [0.717, 1.165) is 40.0 Å². The molecule has 1 aliphatic heterocycles. The zero-order chi connectivity index (χ0) is 25.1. The van der Waals surface area contributed by atoms with Gasteiger partial charge in [-0.05, 0) is 36.2 Å². The van der Waals surface area contributed by atoms with Gasteiger partial charge in [-0.25, -0.2) is 9.97 Å². The average Bonchev–Trinajstić information content (AvgIpc) is 3.30. The minimum absolute atomic E-state index is 0.137. The quantitative estimate of drug-likeness (QED) is 0.368. The third-order valence-electron chi connectivity index (χ3n) is 6.71. The fourth-order valence-corrected chi connectivity index (χ4v) is 4.52. The Morgan fingerprint density at radius 2 is 2.06 bits per heavy atom. The molecule has 186 valence electrons. The van der Waals surface area contributed by atoms with Crippen molar-refractivity contribution >= 4 is 22.6 Å². The molecule has 0 spiro atoms. The molecule has 1 fully saturated rings. The fourth-order valence-electron chi connectivity index (χ4n) is 4.52. The van der Waals surface area contributed by atoms with Crippen molar-refractivity contribution in [2.75, 3.05) is 39.2 Å². The second-order valence-corrected chi connectivity index (χ2v) is 8.86. The number of amides is 1. The number of aromatic nitrogens is 4. The largest absolute Gasteiger partial charge is 0.496 e. The minimum Gasteiger partial charge on any atom is -0.496 e. The number of carbonyl (C=O) groups is 1. The predicted octanol–water partition coefficient (Wildman–Crippen LogP) is 4.04. The molecule has 9 heteroatoms. The van der Waals surface area contributed by atoms with Crippen LogP contribution < -0.4 is 15.4 Å². The van der Waals surface area contributed by atoms with E-state index < -0.39 is 0 Å². The maximum Gasteiger partial charge on any atom is 0.251 e. The normalized spacial score (nSPS) is 14.3. The number of nitrogens with one attached hydrogen (secondary N) is 2. The highest BCUT2D eigenvalue weighted by atomic mass is 16.5. The Hall–Kier alpha value is -3.98. The fraction of sp³-hybridized carbons (Fsp3) is 0.333. The first-order valence-electron chi connectivity index (χ1n) is 12.1. The molecule has 1 amide bonds. The molecule has 2 aromatic heterocycles. The maximum absolute atomic E-state index is 12.0. The van der Waals surface area contributed by atoms with Crippen molar-refractivity contribution in [2.24, 2.45) is 0 Å². The molecule has 2 N–H and O–H groups in total. The number of nitrogens with zero attached hydrogens (tertiary/aromatic N) is 4. The molecule has 3 heterocycles. The molecule has 0 saturated carbocycles. The number of ether oxygens (including phenoxy) is 2. The van der Waals surface area contributed by atoms with E-state index in [1.165, 1.54) is 0 Å². The van der Waals surface area contributed by atoms with E-state index in [2.05, 4.69) is 50.8 Å². The summed E-state index contributed by atoms with van der Waals surface area (Å²) in [6.45, 7) is 4.22. The highest BCUT2D eigenvalue weighted by Gasteiger charge is 2.23. The zero-order valence-electron chi connectivity index (χ0n) is 20.7. The second kappa shape index (κ2) is 10.3. The van der Waals surface area contributed by atoms with Gasteiger partial charge in [0.2, 0.25) is 0 Å². The van der Waals surface area contributed by atoms with Crippen LogP contribution in [-0.4, -0.2) is 59.6 Å². The Balaban J connectivity index is 1.32. The molecule has 1 aliphatic rings. The Kier molecular flexibility index (Phi) is 6.81. The molecule has 1 unspecified atom stereocenters. The van der Waals surface area contributed by atoms with E-state index in [1.54, 1.807) is 26.6 Å². The predicted molar refractivity (Wildman–Crippen MR) is 139 cm³/mol. The molecule has 9 nitrogen and oxygen atoms in total. The Morgan fingerprint density at radius 3 is 2.78 bits per heavy atom. The number of carbonyl (C=O) groups excluding carboxylic acids is 1. The lowest BCUT2D eigenvalue weighted by molar-refractivity contribution is -0.0266. The van der Waals surface area contributed by atoms with Crippen molar-refractivity contribution in [3.05, 3.63) is 66.1 Å². The minimum atomic E-state index is -0.137. The highest BCUT2D eigenvalue weighted by Crippen LogP contribution is 2.31. The number of fused-ring (bicyclic) bond motifs is 1. The smallest absolute Gasteiger partial charge is 0.251 e. The standard InChI is InChI=1S/C27H30N6O3/c1-4-17(22-7-5-19(27(34)28-2)10-25(22)35-3)12-29-26-11-23(30-16-31-26)18-6-8-24-20(9-18)13-32-33(24)21-14-36-15-21/h5-11,13,16-17,21H,4,12,14-15H2,1-3H3,(H,28,34)(H,29,30,31). The van der Waals surface area contributed by atoms with Crippen LogP contribution in [-0.2, 0) is 4.74 Å². The lowest BCUT2D eigenvalue weighted by Crippen LogP contribution is -2.31. The number of hydrogen-bond acceptors (Lipinski definition) is 7. The lowest BCUT2D eigenvalue weighted by atomic mass is 9.94.